The number of hydrogen-bond donors (Lipinski definition) is 1. The summed E-state index contributed by atoms with van der Waals surface area (Å²) in [5.74, 6) is 1.05. The third kappa shape index (κ3) is 5.28. The maximum Gasteiger partial charge on any atom is 0.251 e. The molecule has 6 heteroatoms. The van der Waals surface area contributed by atoms with Crippen molar-refractivity contribution in [1.82, 2.24) is 15.1 Å². The molecule has 1 atom stereocenters. The SMILES string of the molecule is CCN1CCN(C(CNC(=O)c2ccc(OC)c(OC)c2)c2ccccc2)CC1. The molecule has 0 aromatic heterocycles. The average molecular weight is 398 g/mol. The zero-order chi connectivity index (χ0) is 20.6. The Hall–Kier alpha value is -2.57. The molecule has 1 aliphatic rings. The van der Waals surface area contributed by atoms with Crippen LogP contribution < -0.4 is 14.8 Å². The first-order valence-electron chi connectivity index (χ1n) is 10.2. The molecule has 1 heterocycles. The van der Waals surface area contributed by atoms with Crippen molar-refractivity contribution in [2.75, 3.05) is 53.5 Å². The molecule has 1 unspecified atom stereocenters. The molecule has 2 aromatic rings. The highest BCUT2D eigenvalue weighted by Crippen LogP contribution is 2.28. The Kier molecular flexibility index (Phi) is 7.49. The summed E-state index contributed by atoms with van der Waals surface area (Å²) >= 11 is 0. The Labute approximate surface area is 173 Å². The topological polar surface area (TPSA) is 54.0 Å². The monoisotopic (exact) mass is 397 g/mol. The quantitative estimate of drug-likeness (QED) is 0.742. The Morgan fingerprint density at radius 2 is 1.69 bits per heavy atom. The van der Waals surface area contributed by atoms with Crippen LogP contribution in [0.1, 0.15) is 28.9 Å². The zero-order valence-corrected chi connectivity index (χ0v) is 17.6. The standard InChI is InChI=1S/C23H31N3O3/c1-4-25-12-14-26(15-13-25)20(18-8-6-5-7-9-18)17-24-23(27)19-10-11-21(28-2)22(16-19)29-3/h5-11,16,20H,4,12-15,17H2,1-3H3,(H,24,27). The smallest absolute Gasteiger partial charge is 0.251 e. The van der Waals surface area contributed by atoms with Crippen molar-refractivity contribution in [3.8, 4) is 11.5 Å². The molecule has 0 bridgehead atoms. The molecule has 1 fully saturated rings. The van der Waals surface area contributed by atoms with Gasteiger partial charge in [-0.15, -0.1) is 0 Å². The summed E-state index contributed by atoms with van der Waals surface area (Å²) in [6.07, 6.45) is 0. The summed E-state index contributed by atoms with van der Waals surface area (Å²) in [5.41, 5.74) is 1.79. The molecule has 0 aliphatic carbocycles. The van der Waals surface area contributed by atoms with Crippen molar-refractivity contribution in [3.05, 3.63) is 59.7 Å². The van der Waals surface area contributed by atoms with Crippen LogP contribution in [0.4, 0.5) is 0 Å². The van der Waals surface area contributed by atoms with Crippen molar-refractivity contribution < 1.29 is 14.3 Å². The maximum atomic E-state index is 12.8. The van der Waals surface area contributed by atoms with Crippen LogP contribution in [0.5, 0.6) is 11.5 Å². The van der Waals surface area contributed by atoms with Crippen LogP contribution in [-0.2, 0) is 0 Å². The lowest BCUT2D eigenvalue weighted by Gasteiger charge is -2.39. The summed E-state index contributed by atoms with van der Waals surface area (Å²) < 4.78 is 10.6. The molecule has 156 valence electrons. The summed E-state index contributed by atoms with van der Waals surface area (Å²) in [7, 11) is 3.15. The average Bonchev–Trinajstić information content (AvgIpc) is 2.79. The number of piperazine rings is 1. The number of carbonyl (C=O) groups excluding carboxylic acids is 1. The lowest BCUT2D eigenvalue weighted by Crippen LogP contribution is -2.49. The normalized spacial score (nSPS) is 16.2. The lowest BCUT2D eigenvalue weighted by molar-refractivity contribution is 0.0855. The number of rotatable bonds is 8. The van der Waals surface area contributed by atoms with Crippen LogP contribution in [0.3, 0.4) is 0 Å². The summed E-state index contributed by atoms with van der Waals surface area (Å²) in [4.78, 5) is 17.7. The molecule has 0 radical (unpaired) electrons. The number of nitrogens with zero attached hydrogens (tertiary/aromatic N) is 2. The van der Waals surface area contributed by atoms with Crippen molar-refractivity contribution >= 4 is 5.91 Å². The number of benzene rings is 2. The maximum absolute atomic E-state index is 12.8. The Bertz CT molecular complexity index is 789. The molecule has 29 heavy (non-hydrogen) atoms. The Balaban J connectivity index is 1.71. The first-order valence-corrected chi connectivity index (χ1v) is 10.2. The first kappa shape index (κ1) is 21.1. The number of ether oxygens (including phenoxy) is 2. The van der Waals surface area contributed by atoms with Crippen LogP contribution in [0, 0.1) is 0 Å². The van der Waals surface area contributed by atoms with Gasteiger partial charge in [0.2, 0.25) is 0 Å². The van der Waals surface area contributed by atoms with Crippen LogP contribution in [0.25, 0.3) is 0 Å². The number of likely N-dealkylation sites (N-methyl/N-ethyl adjacent to an activating group) is 1. The van der Waals surface area contributed by atoms with E-state index in [0.717, 1.165) is 32.7 Å². The summed E-state index contributed by atoms with van der Waals surface area (Å²) in [6.45, 7) is 7.96. The minimum atomic E-state index is -0.112. The highest BCUT2D eigenvalue weighted by atomic mass is 16.5. The fourth-order valence-corrected chi connectivity index (χ4v) is 3.79. The predicted molar refractivity (Wildman–Crippen MR) is 115 cm³/mol. The second-order valence-corrected chi connectivity index (χ2v) is 7.18. The predicted octanol–water partition coefficient (Wildman–Crippen LogP) is 2.81. The molecule has 0 spiro atoms. The molecule has 1 saturated heterocycles. The van der Waals surface area contributed by atoms with Crippen LogP contribution >= 0.6 is 0 Å². The van der Waals surface area contributed by atoms with Crippen molar-refractivity contribution in [1.29, 1.82) is 0 Å². The van der Waals surface area contributed by atoms with E-state index in [1.807, 2.05) is 6.07 Å². The van der Waals surface area contributed by atoms with E-state index in [1.54, 1.807) is 32.4 Å². The second-order valence-electron chi connectivity index (χ2n) is 7.18. The van der Waals surface area contributed by atoms with E-state index in [0.29, 0.717) is 23.6 Å². The number of amides is 1. The van der Waals surface area contributed by atoms with Crippen molar-refractivity contribution in [2.45, 2.75) is 13.0 Å². The van der Waals surface area contributed by atoms with Gasteiger partial charge in [0.1, 0.15) is 0 Å². The molecule has 0 saturated carbocycles. The van der Waals surface area contributed by atoms with Gasteiger partial charge in [0, 0.05) is 38.3 Å². The van der Waals surface area contributed by atoms with Gasteiger partial charge >= 0.3 is 0 Å². The molecule has 2 aromatic carbocycles. The van der Waals surface area contributed by atoms with Crippen molar-refractivity contribution in [3.63, 3.8) is 0 Å². The second kappa shape index (κ2) is 10.3. The third-order valence-electron chi connectivity index (χ3n) is 5.58. The molecule has 1 aliphatic heterocycles. The molecule has 1 amide bonds. The number of hydrogen-bond acceptors (Lipinski definition) is 5. The van der Waals surface area contributed by atoms with Gasteiger partial charge in [-0.3, -0.25) is 9.69 Å². The van der Waals surface area contributed by atoms with Gasteiger partial charge in [-0.05, 0) is 30.3 Å². The van der Waals surface area contributed by atoms with Crippen molar-refractivity contribution in [2.24, 2.45) is 0 Å². The van der Waals surface area contributed by atoms with Gasteiger partial charge in [-0.1, -0.05) is 37.3 Å². The highest BCUT2D eigenvalue weighted by molar-refractivity contribution is 5.94. The van der Waals surface area contributed by atoms with E-state index in [9.17, 15) is 4.79 Å². The van der Waals surface area contributed by atoms with Gasteiger partial charge < -0.3 is 19.7 Å². The van der Waals surface area contributed by atoms with E-state index in [4.69, 9.17) is 9.47 Å². The number of carbonyl (C=O) groups is 1. The Morgan fingerprint density at radius 1 is 1.00 bits per heavy atom. The van der Waals surface area contributed by atoms with E-state index < -0.39 is 0 Å². The fraction of sp³-hybridized carbons (Fsp3) is 0.435. The van der Waals surface area contributed by atoms with E-state index in [-0.39, 0.29) is 11.9 Å². The van der Waals surface area contributed by atoms with E-state index in [1.165, 1.54) is 5.56 Å². The molecule has 3 rings (SSSR count). The molecule has 6 nitrogen and oxygen atoms in total. The van der Waals surface area contributed by atoms with Gasteiger partial charge in [-0.25, -0.2) is 0 Å². The number of methoxy groups -OCH3 is 2. The van der Waals surface area contributed by atoms with Crippen LogP contribution in [-0.4, -0.2) is 69.2 Å². The van der Waals surface area contributed by atoms with E-state index >= 15 is 0 Å². The van der Waals surface area contributed by atoms with Gasteiger partial charge in [0.05, 0.1) is 20.3 Å². The summed E-state index contributed by atoms with van der Waals surface area (Å²) in [6, 6.07) is 15.8. The molecular formula is C23H31N3O3. The minimum absolute atomic E-state index is 0.112. The molecule has 1 N–H and O–H groups in total. The van der Waals surface area contributed by atoms with E-state index in [2.05, 4.69) is 46.3 Å². The highest BCUT2D eigenvalue weighted by Gasteiger charge is 2.25. The largest absolute Gasteiger partial charge is 0.493 e. The fourth-order valence-electron chi connectivity index (χ4n) is 3.79. The lowest BCUT2D eigenvalue weighted by atomic mass is 10.0. The number of nitrogens with one attached hydrogen (secondary N) is 1. The van der Waals surface area contributed by atoms with Crippen LogP contribution in [0.2, 0.25) is 0 Å². The molecular weight excluding hydrogens is 366 g/mol. The first-order chi connectivity index (χ1) is 14.2. The van der Waals surface area contributed by atoms with Gasteiger partial charge in [0.25, 0.3) is 5.91 Å². The Morgan fingerprint density at radius 3 is 2.31 bits per heavy atom. The minimum Gasteiger partial charge on any atom is -0.493 e. The zero-order valence-electron chi connectivity index (χ0n) is 17.6. The third-order valence-corrected chi connectivity index (χ3v) is 5.58. The van der Waals surface area contributed by atoms with Gasteiger partial charge in [0.15, 0.2) is 11.5 Å². The van der Waals surface area contributed by atoms with Gasteiger partial charge in [-0.2, -0.15) is 0 Å². The summed E-state index contributed by atoms with van der Waals surface area (Å²) in [5, 5.41) is 3.12. The van der Waals surface area contributed by atoms with Crippen LogP contribution in [0.15, 0.2) is 48.5 Å².